The number of benzene rings is 1. The van der Waals surface area contributed by atoms with Crippen molar-refractivity contribution in [2.75, 3.05) is 11.6 Å². The number of aromatic nitrogens is 2. The van der Waals surface area contributed by atoms with Crippen molar-refractivity contribution in [1.82, 2.24) is 9.97 Å². The van der Waals surface area contributed by atoms with Crippen LogP contribution in [0.25, 0.3) is 0 Å². The van der Waals surface area contributed by atoms with Crippen molar-refractivity contribution < 1.29 is 0 Å². The van der Waals surface area contributed by atoms with Crippen molar-refractivity contribution >= 4 is 23.3 Å². The summed E-state index contributed by atoms with van der Waals surface area (Å²) in [6.07, 6.45) is 1.99. The van der Waals surface area contributed by atoms with E-state index in [2.05, 4.69) is 48.2 Å². The molecule has 3 nitrogen and oxygen atoms in total. The summed E-state index contributed by atoms with van der Waals surface area (Å²) in [4.78, 5) is 8.86. The van der Waals surface area contributed by atoms with Crippen molar-refractivity contribution in [2.45, 2.75) is 32.9 Å². The van der Waals surface area contributed by atoms with E-state index in [1.54, 1.807) is 11.8 Å². The Balaban J connectivity index is 2.39. The molecule has 0 spiro atoms. The Kier molecular flexibility index (Phi) is 4.10. The normalized spacial score (nSPS) is 10.6. The molecule has 2 aromatic rings. The zero-order valence-electron chi connectivity index (χ0n) is 12.0. The summed E-state index contributed by atoms with van der Waals surface area (Å²) >= 11 is 1.56. The zero-order chi connectivity index (χ0) is 14.0. The van der Waals surface area contributed by atoms with Crippen LogP contribution in [0.3, 0.4) is 0 Å². The van der Waals surface area contributed by atoms with E-state index in [1.807, 2.05) is 19.2 Å². The Labute approximate surface area is 118 Å². The largest absolute Gasteiger partial charge is 0.340 e. The van der Waals surface area contributed by atoms with Gasteiger partial charge in [0.25, 0.3) is 0 Å². The quantitative estimate of drug-likeness (QED) is 0.672. The Morgan fingerprint density at radius 2 is 1.58 bits per heavy atom. The monoisotopic (exact) mass is 273 g/mol. The molecule has 2 rings (SSSR count). The van der Waals surface area contributed by atoms with Gasteiger partial charge < -0.3 is 5.32 Å². The summed E-state index contributed by atoms with van der Waals surface area (Å²) in [7, 11) is 0. The van der Waals surface area contributed by atoms with Crippen LogP contribution >= 0.6 is 11.8 Å². The third-order valence-corrected chi connectivity index (χ3v) is 3.49. The van der Waals surface area contributed by atoms with E-state index in [9.17, 15) is 0 Å². The summed E-state index contributed by atoms with van der Waals surface area (Å²) in [5.74, 6) is 0.854. The Bertz CT molecular complexity index is 585. The van der Waals surface area contributed by atoms with Crippen LogP contribution in [0.1, 0.15) is 22.4 Å². The van der Waals surface area contributed by atoms with Gasteiger partial charge in [-0.1, -0.05) is 29.5 Å². The van der Waals surface area contributed by atoms with Gasteiger partial charge in [-0.25, -0.2) is 9.97 Å². The third-order valence-electron chi connectivity index (χ3n) is 2.95. The predicted octanol–water partition coefficient (Wildman–Crippen LogP) is 4.18. The molecular formula is C15H19N3S. The molecule has 1 N–H and O–H groups in total. The zero-order valence-corrected chi connectivity index (χ0v) is 12.9. The van der Waals surface area contributed by atoms with E-state index in [1.165, 1.54) is 16.7 Å². The molecule has 0 fully saturated rings. The highest BCUT2D eigenvalue weighted by molar-refractivity contribution is 7.98. The lowest BCUT2D eigenvalue weighted by molar-refractivity contribution is 0.940. The fourth-order valence-corrected chi connectivity index (χ4v) is 2.63. The summed E-state index contributed by atoms with van der Waals surface area (Å²) in [6.45, 7) is 8.34. The second-order valence-corrected chi connectivity index (χ2v) is 5.55. The van der Waals surface area contributed by atoms with Gasteiger partial charge in [-0.15, -0.1) is 0 Å². The molecule has 0 atom stereocenters. The average Bonchev–Trinajstić information content (AvgIpc) is 2.33. The number of nitrogens with one attached hydrogen (secondary N) is 1. The number of hydrogen-bond acceptors (Lipinski definition) is 4. The van der Waals surface area contributed by atoms with Crippen molar-refractivity contribution in [3.05, 3.63) is 40.6 Å². The third kappa shape index (κ3) is 3.26. The SMILES string of the molecule is CSc1nc(C)cc(Nc2c(C)cc(C)cc2C)n1. The van der Waals surface area contributed by atoms with E-state index in [0.29, 0.717) is 0 Å². The molecule has 0 saturated carbocycles. The molecule has 0 aliphatic carbocycles. The first-order chi connectivity index (χ1) is 8.99. The van der Waals surface area contributed by atoms with E-state index in [0.717, 1.165) is 22.4 Å². The van der Waals surface area contributed by atoms with Gasteiger partial charge in [-0.2, -0.15) is 0 Å². The number of nitrogens with zero attached hydrogens (tertiary/aromatic N) is 2. The standard InChI is InChI=1S/C15H19N3S/c1-9-6-10(2)14(11(3)7-9)17-13-8-12(4)16-15(18-13)19-5/h6-8H,1-5H3,(H,16,17,18). The molecular weight excluding hydrogens is 254 g/mol. The summed E-state index contributed by atoms with van der Waals surface area (Å²) in [5.41, 5.74) is 5.86. The highest BCUT2D eigenvalue weighted by Crippen LogP contribution is 2.26. The number of thioether (sulfide) groups is 1. The van der Waals surface area contributed by atoms with Crippen molar-refractivity contribution in [3.8, 4) is 0 Å². The highest BCUT2D eigenvalue weighted by Gasteiger charge is 2.07. The van der Waals surface area contributed by atoms with Gasteiger partial charge in [0.15, 0.2) is 5.16 Å². The van der Waals surface area contributed by atoms with Gasteiger partial charge in [0.1, 0.15) is 5.82 Å². The number of anilines is 2. The van der Waals surface area contributed by atoms with Crippen LogP contribution in [0.5, 0.6) is 0 Å². The van der Waals surface area contributed by atoms with Gasteiger partial charge in [-0.3, -0.25) is 0 Å². The summed E-state index contributed by atoms with van der Waals surface area (Å²) in [6, 6.07) is 6.33. The van der Waals surface area contributed by atoms with Crippen LogP contribution in [0, 0.1) is 27.7 Å². The van der Waals surface area contributed by atoms with Crippen LogP contribution in [-0.4, -0.2) is 16.2 Å². The molecule has 1 aromatic heterocycles. The van der Waals surface area contributed by atoms with Gasteiger partial charge in [0, 0.05) is 17.4 Å². The molecule has 0 amide bonds. The number of rotatable bonds is 3. The first-order valence-electron chi connectivity index (χ1n) is 6.24. The topological polar surface area (TPSA) is 37.8 Å². The summed E-state index contributed by atoms with van der Waals surface area (Å²) in [5, 5.41) is 4.22. The predicted molar refractivity (Wildman–Crippen MR) is 82.5 cm³/mol. The lowest BCUT2D eigenvalue weighted by Gasteiger charge is -2.14. The second-order valence-electron chi connectivity index (χ2n) is 4.78. The second kappa shape index (κ2) is 5.61. The minimum atomic E-state index is 0.796. The minimum Gasteiger partial charge on any atom is -0.340 e. The van der Waals surface area contributed by atoms with Crippen LogP contribution in [0.2, 0.25) is 0 Å². The van der Waals surface area contributed by atoms with Crippen molar-refractivity contribution in [3.63, 3.8) is 0 Å². The maximum atomic E-state index is 4.49. The molecule has 0 aliphatic rings. The lowest BCUT2D eigenvalue weighted by Crippen LogP contribution is -2.01. The minimum absolute atomic E-state index is 0.796. The highest BCUT2D eigenvalue weighted by atomic mass is 32.2. The van der Waals surface area contributed by atoms with Gasteiger partial charge >= 0.3 is 0 Å². The molecule has 0 saturated heterocycles. The molecule has 1 aromatic carbocycles. The van der Waals surface area contributed by atoms with Crippen LogP contribution in [-0.2, 0) is 0 Å². The van der Waals surface area contributed by atoms with Crippen molar-refractivity contribution in [2.24, 2.45) is 0 Å². The van der Waals surface area contributed by atoms with Gasteiger partial charge in [-0.05, 0) is 45.1 Å². The van der Waals surface area contributed by atoms with Crippen molar-refractivity contribution in [1.29, 1.82) is 0 Å². The van der Waals surface area contributed by atoms with Crippen LogP contribution in [0.15, 0.2) is 23.4 Å². The maximum Gasteiger partial charge on any atom is 0.189 e. The fourth-order valence-electron chi connectivity index (χ4n) is 2.20. The maximum absolute atomic E-state index is 4.49. The molecule has 4 heteroatoms. The van der Waals surface area contributed by atoms with Crippen LogP contribution in [0.4, 0.5) is 11.5 Å². The molecule has 0 radical (unpaired) electrons. The molecule has 0 bridgehead atoms. The number of hydrogen-bond donors (Lipinski definition) is 1. The molecule has 0 unspecified atom stereocenters. The van der Waals surface area contributed by atoms with Gasteiger partial charge in [0.05, 0.1) is 0 Å². The molecule has 100 valence electrons. The molecule has 1 heterocycles. The lowest BCUT2D eigenvalue weighted by atomic mass is 10.1. The van der Waals surface area contributed by atoms with Crippen LogP contribution < -0.4 is 5.32 Å². The number of aryl methyl sites for hydroxylation is 4. The molecule has 0 aliphatic heterocycles. The average molecular weight is 273 g/mol. The van der Waals surface area contributed by atoms with E-state index >= 15 is 0 Å². The Morgan fingerprint density at radius 3 is 2.16 bits per heavy atom. The van der Waals surface area contributed by atoms with E-state index in [4.69, 9.17) is 0 Å². The Morgan fingerprint density at radius 1 is 0.947 bits per heavy atom. The Hall–Kier alpha value is -1.55. The fraction of sp³-hybridized carbons (Fsp3) is 0.333. The van der Waals surface area contributed by atoms with E-state index in [-0.39, 0.29) is 0 Å². The smallest absolute Gasteiger partial charge is 0.189 e. The van der Waals surface area contributed by atoms with E-state index < -0.39 is 0 Å². The first-order valence-corrected chi connectivity index (χ1v) is 7.46. The summed E-state index contributed by atoms with van der Waals surface area (Å²) < 4.78 is 0. The van der Waals surface area contributed by atoms with Gasteiger partial charge in [0.2, 0.25) is 0 Å². The first kappa shape index (κ1) is 13.9. The molecule has 19 heavy (non-hydrogen) atoms.